The first-order chi connectivity index (χ1) is 37.0. The van der Waals surface area contributed by atoms with E-state index in [1.165, 1.54) is 122 Å². The van der Waals surface area contributed by atoms with Gasteiger partial charge in [0.2, 0.25) is 0 Å². The Bertz CT molecular complexity index is 1520. The van der Waals surface area contributed by atoms with Gasteiger partial charge in [-0.2, -0.15) is 0 Å². The highest BCUT2D eigenvalue weighted by Gasteiger charge is 2.19. The number of hydrogen-bond donors (Lipinski definition) is 0. The number of carbonyl (C=O) groups is 3. The van der Waals surface area contributed by atoms with Crippen LogP contribution in [0, 0.1) is 0 Å². The van der Waals surface area contributed by atoms with Crippen LogP contribution in [0.2, 0.25) is 0 Å². The van der Waals surface area contributed by atoms with Gasteiger partial charge in [0.25, 0.3) is 0 Å². The number of allylic oxidation sites excluding steroid dienone is 18. The third-order valence-corrected chi connectivity index (χ3v) is 13.2. The molecule has 0 saturated heterocycles. The molecule has 0 aromatic heterocycles. The molecule has 0 spiro atoms. The fraction of sp³-hybridized carbons (Fsp3) is 0.696. The first-order valence-electron chi connectivity index (χ1n) is 31.4. The Morgan fingerprint density at radius 1 is 0.280 bits per heavy atom. The Morgan fingerprint density at radius 2 is 0.520 bits per heavy atom. The zero-order valence-corrected chi connectivity index (χ0v) is 49.0. The van der Waals surface area contributed by atoms with E-state index in [1.807, 2.05) is 0 Å². The second-order valence-electron chi connectivity index (χ2n) is 20.5. The van der Waals surface area contributed by atoms with Gasteiger partial charge in [0.05, 0.1) is 0 Å². The van der Waals surface area contributed by atoms with Crippen molar-refractivity contribution in [2.24, 2.45) is 0 Å². The predicted octanol–water partition coefficient (Wildman–Crippen LogP) is 21.4. The topological polar surface area (TPSA) is 78.9 Å². The maximum atomic E-state index is 12.9. The molecule has 0 radical (unpaired) electrons. The Kier molecular flexibility index (Phi) is 59.3. The van der Waals surface area contributed by atoms with Crippen LogP contribution in [0.5, 0.6) is 0 Å². The normalized spacial score (nSPS) is 12.8. The van der Waals surface area contributed by atoms with Crippen LogP contribution in [0.1, 0.15) is 290 Å². The van der Waals surface area contributed by atoms with E-state index in [2.05, 4.69) is 130 Å². The highest BCUT2D eigenvalue weighted by molar-refractivity contribution is 5.71. The highest BCUT2D eigenvalue weighted by Crippen LogP contribution is 2.15. The van der Waals surface area contributed by atoms with Crippen LogP contribution >= 0.6 is 0 Å². The van der Waals surface area contributed by atoms with Crippen LogP contribution in [-0.2, 0) is 28.6 Å². The number of unbranched alkanes of at least 4 members (excludes halogenated alkanes) is 27. The van der Waals surface area contributed by atoms with Gasteiger partial charge in [-0.3, -0.25) is 14.4 Å². The summed E-state index contributed by atoms with van der Waals surface area (Å²) in [5, 5.41) is 0. The summed E-state index contributed by atoms with van der Waals surface area (Å²) in [7, 11) is 0. The maximum absolute atomic E-state index is 12.9. The molecule has 0 saturated carbocycles. The lowest BCUT2D eigenvalue weighted by molar-refractivity contribution is -0.167. The standard InChI is InChI=1S/C69H116O6/c1-4-7-10-13-16-19-22-25-28-31-33-34-36-38-41-44-47-50-53-56-59-62-68(71)74-65-66(64-73-67(70)61-58-55-52-49-46-43-40-37-30-27-24-21-18-15-12-9-6-3)75-69(72)63-60-57-54-51-48-45-42-39-35-32-29-26-23-20-17-14-11-8-5-2/h8-9,11-12,17-18,20-22,25-27,29-31,33,35,39,66H,4-7,10,13-16,19,23-24,28,32,34,36-38,40-65H2,1-3H3/b11-8-,12-9-,20-17-,21-18-,25-22-,29-26-,30-27-,33-31-,39-35-. The minimum absolute atomic E-state index is 0.0903. The first-order valence-corrected chi connectivity index (χ1v) is 31.4. The number of hydrogen-bond acceptors (Lipinski definition) is 6. The predicted molar refractivity (Wildman–Crippen MR) is 325 cm³/mol. The molecule has 0 aromatic rings. The molecule has 0 bridgehead atoms. The van der Waals surface area contributed by atoms with Gasteiger partial charge >= 0.3 is 17.9 Å². The van der Waals surface area contributed by atoms with Gasteiger partial charge in [0.1, 0.15) is 13.2 Å². The molecule has 1 unspecified atom stereocenters. The number of rotatable bonds is 56. The molecule has 0 N–H and O–H groups in total. The molecular formula is C69H116O6. The summed E-state index contributed by atoms with van der Waals surface area (Å²) in [6, 6.07) is 0. The molecule has 0 heterocycles. The fourth-order valence-electron chi connectivity index (χ4n) is 8.60. The van der Waals surface area contributed by atoms with Crippen LogP contribution in [0.25, 0.3) is 0 Å². The van der Waals surface area contributed by atoms with Crippen LogP contribution in [0.4, 0.5) is 0 Å². The zero-order chi connectivity index (χ0) is 54.3. The van der Waals surface area contributed by atoms with Gasteiger partial charge in [-0.1, -0.05) is 259 Å². The van der Waals surface area contributed by atoms with E-state index in [9.17, 15) is 14.4 Å². The molecule has 428 valence electrons. The molecule has 0 rings (SSSR count). The maximum Gasteiger partial charge on any atom is 0.306 e. The van der Waals surface area contributed by atoms with Crippen molar-refractivity contribution >= 4 is 17.9 Å². The monoisotopic (exact) mass is 1040 g/mol. The smallest absolute Gasteiger partial charge is 0.306 e. The van der Waals surface area contributed by atoms with Crippen LogP contribution in [-0.4, -0.2) is 37.2 Å². The van der Waals surface area contributed by atoms with Crippen LogP contribution in [0.15, 0.2) is 109 Å². The lowest BCUT2D eigenvalue weighted by Crippen LogP contribution is -2.30. The molecule has 0 aliphatic rings. The Labute approximate surface area is 463 Å². The summed E-state index contributed by atoms with van der Waals surface area (Å²) in [4.78, 5) is 38.3. The minimum atomic E-state index is -0.795. The molecule has 6 heteroatoms. The van der Waals surface area contributed by atoms with E-state index in [1.54, 1.807) is 0 Å². The van der Waals surface area contributed by atoms with E-state index in [0.717, 1.165) is 128 Å². The molecule has 0 fully saturated rings. The molecule has 0 aliphatic carbocycles. The summed E-state index contributed by atoms with van der Waals surface area (Å²) in [6.07, 6.45) is 85.1. The quantitative estimate of drug-likeness (QED) is 0.0261. The van der Waals surface area contributed by atoms with Crippen LogP contribution in [0.3, 0.4) is 0 Å². The van der Waals surface area contributed by atoms with Crippen LogP contribution < -0.4 is 0 Å². The SMILES string of the molecule is CC/C=C\C/C=C\C/C=C\C/C=C\CCCCCCCCC(=O)OC(COC(=O)CCCCCCCCC/C=C\C/C=C\C/C=C\CC)COC(=O)CCCCCCCCCCC/C=C\C/C=C\CCCCCCC. The van der Waals surface area contributed by atoms with Gasteiger partial charge in [-0.05, 0) is 122 Å². The molecule has 6 nitrogen and oxygen atoms in total. The Hall–Kier alpha value is -3.93. The summed E-state index contributed by atoms with van der Waals surface area (Å²) in [5.41, 5.74) is 0. The highest BCUT2D eigenvalue weighted by atomic mass is 16.6. The van der Waals surface area contributed by atoms with Crippen molar-refractivity contribution in [3.63, 3.8) is 0 Å². The number of esters is 3. The molecule has 0 aromatic carbocycles. The minimum Gasteiger partial charge on any atom is -0.462 e. The third kappa shape index (κ3) is 60.8. The van der Waals surface area contributed by atoms with Gasteiger partial charge in [0, 0.05) is 19.3 Å². The van der Waals surface area contributed by atoms with E-state index in [0.29, 0.717) is 19.3 Å². The lowest BCUT2D eigenvalue weighted by atomic mass is 10.1. The Morgan fingerprint density at radius 3 is 0.813 bits per heavy atom. The molecular weight excluding hydrogens is 925 g/mol. The summed E-state index contributed by atoms with van der Waals surface area (Å²) in [5.74, 6) is -0.912. The molecule has 0 aliphatic heterocycles. The lowest BCUT2D eigenvalue weighted by Gasteiger charge is -2.18. The molecule has 75 heavy (non-hydrogen) atoms. The Balaban J connectivity index is 4.43. The average Bonchev–Trinajstić information content (AvgIpc) is 3.41. The first kappa shape index (κ1) is 71.1. The van der Waals surface area contributed by atoms with Crippen molar-refractivity contribution in [3.05, 3.63) is 109 Å². The zero-order valence-electron chi connectivity index (χ0n) is 49.0. The average molecular weight is 1040 g/mol. The van der Waals surface area contributed by atoms with Crippen molar-refractivity contribution in [1.82, 2.24) is 0 Å². The summed E-state index contributed by atoms with van der Waals surface area (Å²) >= 11 is 0. The molecule has 1 atom stereocenters. The van der Waals surface area contributed by atoms with Crippen molar-refractivity contribution in [1.29, 1.82) is 0 Å². The van der Waals surface area contributed by atoms with E-state index >= 15 is 0 Å². The van der Waals surface area contributed by atoms with E-state index < -0.39 is 6.10 Å². The van der Waals surface area contributed by atoms with Crippen molar-refractivity contribution in [2.75, 3.05) is 13.2 Å². The van der Waals surface area contributed by atoms with Gasteiger partial charge < -0.3 is 14.2 Å². The van der Waals surface area contributed by atoms with Gasteiger partial charge in [0.15, 0.2) is 6.10 Å². The fourth-order valence-corrected chi connectivity index (χ4v) is 8.60. The van der Waals surface area contributed by atoms with E-state index in [-0.39, 0.29) is 31.1 Å². The van der Waals surface area contributed by atoms with Crippen molar-refractivity contribution < 1.29 is 28.6 Å². The van der Waals surface area contributed by atoms with Gasteiger partial charge in [-0.15, -0.1) is 0 Å². The third-order valence-electron chi connectivity index (χ3n) is 13.2. The van der Waals surface area contributed by atoms with Crippen molar-refractivity contribution in [3.8, 4) is 0 Å². The number of carbonyl (C=O) groups excluding carboxylic acids is 3. The largest absolute Gasteiger partial charge is 0.462 e. The van der Waals surface area contributed by atoms with Gasteiger partial charge in [-0.25, -0.2) is 0 Å². The summed E-state index contributed by atoms with van der Waals surface area (Å²) in [6.45, 7) is 6.40. The second-order valence-corrected chi connectivity index (χ2v) is 20.5. The van der Waals surface area contributed by atoms with E-state index in [4.69, 9.17) is 14.2 Å². The number of ether oxygens (including phenoxy) is 3. The second kappa shape index (κ2) is 62.6. The summed E-state index contributed by atoms with van der Waals surface area (Å²) < 4.78 is 16.9. The van der Waals surface area contributed by atoms with Crippen molar-refractivity contribution in [2.45, 2.75) is 297 Å². The molecule has 0 amide bonds.